The van der Waals surface area contributed by atoms with E-state index in [-0.39, 0.29) is 0 Å². The van der Waals surface area contributed by atoms with Gasteiger partial charge in [-0.2, -0.15) is 0 Å². The Morgan fingerprint density at radius 3 is 0.739 bits per heavy atom. The summed E-state index contributed by atoms with van der Waals surface area (Å²) in [7, 11) is 0. The maximum absolute atomic E-state index is 13.7. The lowest BCUT2D eigenvalue weighted by Gasteiger charge is -2.46. The molecular weight excluding hydrogens is 560 g/mol. The van der Waals surface area contributed by atoms with Crippen LogP contribution in [0.25, 0.3) is 43.1 Å². The highest BCUT2D eigenvalue weighted by Crippen LogP contribution is 2.57. The van der Waals surface area contributed by atoms with Gasteiger partial charge in [0.05, 0.1) is 0 Å². The minimum absolute atomic E-state index is 0.684. The van der Waals surface area contributed by atoms with Gasteiger partial charge in [-0.05, 0) is 90.3 Å². The maximum atomic E-state index is 13.7. The molecule has 220 valence electrons. The number of rotatable bonds is 2. The zero-order chi connectivity index (χ0) is 31.2. The molecule has 0 saturated heterocycles. The molecule has 0 radical (unpaired) electrons. The van der Waals surface area contributed by atoms with Crippen molar-refractivity contribution in [2.45, 2.75) is 25.0 Å². The van der Waals surface area contributed by atoms with Crippen molar-refractivity contribution < 1.29 is 10.2 Å². The summed E-state index contributed by atoms with van der Waals surface area (Å²) in [6.45, 7) is 4.32. The lowest BCUT2D eigenvalue weighted by atomic mass is 9.61. The van der Waals surface area contributed by atoms with Crippen molar-refractivity contribution in [1.82, 2.24) is 0 Å². The first-order valence-corrected chi connectivity index (χ1v) is 15.9. The monoisotopic (exact) mass is 592 g/mol. The van der Waals surface area contributed by atoms with Crippen LogP contribution in [0, 0.1) is 13.8 Å². The van der Waals surface area contributed by atoms with Gasteiger partial charge in [-0.25, -0.2) is 0 Å². The van der Waals surface area contributed by atoms with Gasteiger partial charge in [0, 0.05) is 11.1 Å². The molecule has 0 amide bonds. The molecule has 0 spiro atoms. The van der Waals surface area contributed by atoms with Crippen molar-refractivity contribution in [3.05, 3.63) is 190 Å². The number of aryl methyl sites for hydroxylation is 2. The van der Waals surface area contributed by atoms with Crippen molar-refractivity contribution in [2.75, 3.05) is 0 Å². The summed E-state index contributed by atoms with van der Waals surface area (Å²) >= 11 is 0. The fraction of sp³-hybridized carbons (Fsp3) is 0.0909. The van der Waals surface area contributed by atoms with Crippen LogP contribution in [-0.2, 0) is 11.2 Å². The Bertz CT molecular complexity index is 2200. The van der Waals surface area contributed by atoms with E-state index in [2.05, 4.69) is 86.6 Å². The number of hydrogen-bond donors (Lipinski definition) is 2. The van der Waals surface area contributed by atoms with E-state index < -0.39 is 11.2 Å². The summed E-state index contributed by atoms with van der Waals surface area (Å²) in [5, 5.41) is 35.8. The molecule has 8 aromatic rings. The van der Waals surface area contributed by atoms with Gasteiger partial charge in [-0.3, -0.25) is 0 Å². The molecule has 2 heteroatoms. The van der Waals surface area contributed by atoms with E-state index in [4.69, 9.17) is 0 Å². The molecule has 2 N–H and O–H groups in total. The molecule has 2 nitrogen and oxygen atoms in total. The highest BCUT2D eigenvalue weighted by atomic mass is 16.3. The van der Waals surface area contributed by atoms with Crippen LogP contribution >= 0.6 is 0 Å². The number of benzene rings is 8. The van der Waals surface area contributed by atoms with E-state index in [1.165, 1.54) is 11.1 Å². The first-order valence-electron chi connectivity index (χ1n) is 15.9. The van der Waals surface area contributed by atoms with Crippen molar-refractivity contribution in [1.29, 1.82) is 0 Å². The normalized spacial score (nSPS) is 19.0. The van der Waals surface area contributed by atoms with Crippen LogP contribution in [0.15, 0.2) is 146 Å². The summed E-state index contributed by atoms with van der Waals surface area (Å²) in [4.78, 5) is 0. The van der Waals surface area contributed by atoms with Gasteiger partial charge in [0.15, 0.2) is 0 Å². The summed E-state index contributed by atoms with van der Waals surface area (Å²) in [5.74, 6) is 0. The smallest absolute Gasteiger partial charge is 0.142 e. The van der Waals surface area contributed by atoms with E-state index in [9.17, 15) is 10.2 Å². The molecule has 9 rings (SSSR count). The molecule has 0 aliphatic heterocycles. The Morgan fingerprint density at radius 2 is 0.500 bits per heavy atom. The van der Waals surface area contributed by atoms with Crippen molar-refractivity contribution in [3.8, 4) is 0 Å². The molecular formula is C44H32O2. The molecule has 0 fully saturated rings. The molecule has 0 saturated carbocycles. The van der Waals surface area contributed by atoms with Gasteiger partial charge in [-0.1, -0.05) is 146 Å². The molecule has 0 heterocycles. The second-order valence-electron chi connectivity index (χ2n) is 12.7. The van der Waals surface area contributed by atoms with Gasteiger partial charge in [0.1, 0.15) is 11.2 Å². The third-order valence-corrected chi connectivity index (χ3v) is 10.5. The van der Waals surface area contributed by atoms with Crippen LogP contribution in [-0.4, -0.2) is 10.2 Å². The van der Waals surface area contributed by atoms with Gasteiger partial charge in [0.2, 0.25) is 0 Å². The lowest BCUT2D eigenvalue weighted by Crippen LogP contribution is -2.44. The second kappa shape index (κ2) is 9.61. The minimum atomic E-state index is -1.55. The Hall–Kier alpha value is -5.28. The molecule has 0 bridgehead atoms. The summed E-state index contributed by atoms with van der Waals surface area (Å²) in [5.41, 5.74) is 3.68. The Morgan fingerprint density at radius 1 is 0.304 bits per heavy atom. The summed E-state index contributed by atoms with van der Waals surface area (Å²) < 4.78 is 0. The van der Waals surface area contributed by atoms with Crippen LogP contribution in [0.3, 0.4) is 0 Å². The van der Waals surface area contributed by atoms with Gasteiger partial charge < -0.3 is 10.2 Å². The fourth-order valence-electron chi connectivity index (χ4n) is 8.53. The van der Waals surface area contributed by atoms with Crippen molar-refractivity contribution in [2.24, 2.45) is 0 Å². The quantitative estimate of drug-likeness (QED) is 0.196. The maximum Gasteiger partial charge on any atom is 0.142 e. The molecule has 8 aromatic carbocycles. The average molecular weight is 593 g/mol. The third-order valence-electron chi connectivity index (χ3n) is 10.5. The highest BCUT2D eigenvalue weighted by Gasteiger charge is 2.52. The van der Waals surface area contributed by atoms with Crippen LogP contribution in [0.1, 0.15) is 44.5 Å². The Labute approximate surface area is 267 Å². The molecule has 0 aromatic heterocycles. The van der Waals surface area contributed by atoms with Gasteiger partial charge in [-0.15, -0.1) is 0 Å². The number of fused-ring (bicyclic) bond motifs is 6. The van der Waals surface area contributed by atoms with Crippen LogP contribution in [0.2, 0.25) is 0 Å². The molecule has 1 aliphatic rings. The van der Waals surface area contributed by atoms with E-state index in [0.717, 1.165) is 54.2 Å². The molecule has 1 aliphatic carbocycles. The summed E-state index contributed by atoms with van der Waals surface area (Å²) in [6.07, 6.45) is 0. The van der Waals surface area contributed by atoms with Crippen molar-refractivity contribution >= 4 is 43.1 Å². The van der Waals surface area contributed by atoms with E-state index in [1.807, 2.05) is 72.8 Å². The lowest BCUT2D eigenvalue weighted by molar-refractivity contribution is 0.0778. The minimum Gasteiger partial charge on any atom is -0.376 e. The Balaban J connectivity index is 1.49. The largest absolute Gasteiger partial charge is 0.376 e. The second-order valence-corrected chi connectivity index (χ2v) is 12.7. The number of hydrogen-bond acceptors (Lipinski definition) is 2. The number of aliphatic hydroxyl groups is 2. The Kier molecular flexibility index (Phi) is 5.65. The topological polar surface area (TPSA) is 40.5 Å². The van der Waals surface area contributed by atoms with E-state index in [1.54, 1.807) is 0 Å². The summed E-state index contributed by atoms with van der Waals surface area (Å²) in [6, 6.07) is 49.4. The third kappa shape index (κ3) is 3.32. The molecule has 46 heavy (non-hydrogen) atoms. The van der Waals surface area contributed by atoms with E-state index in [0.29, 0.717) is 22.3 Å². The molecule has 0 atom stereocenters. The van der Waals surface area contributed by atoms with Crippen LogP contribution in [0.5, 0.6) is 0 Å². The van der Waals surface area contributed by atoms with Crippen LogP contribution < -0.4 is 0 Å². The van der Waals surface area contributed by atoms with E-state index >= 15 is 0 Å². The van der Waals surface area contributed by atoms with Crippen LogP contribution in [0.4, 0.5) is 0 Å². The predicted molar refractivity (Wildman–Crippen MR) is 189 cm³/mol. The zero-order valence-corrected chi connectivity index (χ0v) is 25.8. The molecule has 0 unspecified atom stereocenters. The highest BCUT2D eigenvalue weighted by molar-refractivity contribution is 6.09. The first kappa shape index (κ1) is 27.1. The zero-order valence-electron chi connectivity index (χ0n) is 25.8. The SMILES string of the molecule is Cc1c2ccccc2c([C@]2(O)c3ccccc3[C@@](O)(c3c4ccccc4c(C)c4ccccc43)c3ccccc32)c2ccccc12. The van der Waals surface area contributed by atoms with Gasteiger partial charge in [0.25, 0.3) is 0 Å². The first-order chi connectivity index (χ1) is 22.5. The van der Waals surface area contributed by atoms with Crippen molar-refractivity contribution in [3.63, 3.8) is 0 Å². The fourth-order valence-corrected chi connectivity index (χ4v) is 8.53. The standard InChI is InChI=1S/C44H32O2/c1-27-29-15-3-7-19-33(29)41(34-20-8-4-16-30(27)34)43(45)37-23-11-13-25-39(37)44(46,40-26-14-12-24-38(40)43)42-35-21-9-5-17-31(35)28(2)32-18-6-10-22-36(32)42/h3-26,45-46H,1-2H3/t43-,44-. The predicted octanol–water partition coefficient (Wildman–Crippen LogP) is 9.80. The van der Waals surface area contributed by atoms with Gasteiger partial charge >= 0.3 is 0 Å². The average Bonchev–Trinajstić information content (AvgIpc) is 3.11.